The molecule has 0 spiro atoms. The molecule has 0 aromatic carbocycles. The molecule has 1 aliphatic carbocycles. The lowest BCUT2D eigenvalue weighted by Crippen LogP contribution is -2.78. The number of hydrogen-bond donors (Lipinski definition) is 3. The number of amides is 1. The Morgan fingerprint density at radius 3 is 2.91 bits per heavy atom. The molecule has 0 bridgehead atoms. The predicted molar refractivity (Wildman–Crippen MR) is 78.1 cm³/mol. The van der Waals surface area contributed by atoms with Crippen molar-refractivity contribution >= 4 is 23.5 Å². The first kappa shape index (κ1) is 15.5. The maximum atomic E-state index is 12.2. The summed E-state index contributed by atoms with van der Waals surface area (Å²) in [5, 5.41) is 23.1. The Hall–Kier alpha value is -1.37. The minimum Gasteiger partial charge on any atom is -0.449 e. The second-order valence-corrected chi connectivity index (χ2v) is 6.37. The topological polar surface area (TPSA) is 95.9 Å². The first-order valence-electron chi connectivity index (χ1n) is 7.26. The van der Waals surface area contributed by atoms with Gasteiger partial charge in [0.05, 0.1) is 11.7 Å². The van der Waals surface area contributed by atoms with E-state index < -0.39 is 35.2 Å². The Morgan fingerprint density at radius 2 is 2.32 bits per heavy atom. The minimum atomic E-state index is -1.54. The third-order valence-electron chi connectivity index (χ3n) is 4.86. The molecule has 0 saturated carbocycles. The number of hydrogen-bond acceptors (Lipinski definition) is 5. The van der Waals surface area contributed by atoms with Crippen LogP contribution in [0.1, 0.15) is 26.2 Å². The third-order valence-corrected chi connectivity index (χ3v) is 5.01. The Kier molecular flexibility index (Phi) is 3.58. The normalized spacial score (nSPS) is 40.5. The van der Waals surface area contributed by atoms with Crippen LogP contribution < -0.4 is 5.32 Å². The van der Waals surface area contributed by atoms with Crippen molar-refractivity contribution in [2.45, 2.75) is 49.5 Å². The minimum absolute atomic E-state index is 0.101. The predicted octanol–water partition coefficient (Wildman–Crippen LogP) is 0.168. The SMILES string of the molecule is C[C@@]12OC(=O)[C@]1(C(O)C1=CC(O)CCC1)NC(=O)/C2=C/CCl. The number of halogens is 1. The number of alkyl halides is 1. The second kappa shape index (κ2) is 5.08. The molecule has 22 heavy (non-hydrogen) atoms. The number of aliphatic hydroxyl groups excluding tert-OH is 2. The van der Waals surface area contributed by atoms with E-state index in [1.807, 2.05) is 0 Å². The highest BCUT2D eigenvalue weighted by molar-refractivity contribution is 6.20. The molecule has 2 heterocycles. The van der Waals surface area contributed by atoms with Crippen molar-refractivity contribution in [1.29, 1.82) is 0 Å². The third kappa shape index (κ3) is 1.81. The molecule has 4 atom stereocenters. The summed E-state index contributed by atoms with van der Waals surface area (Å²) in [7, 11) is 0. The molecule has 6 nitrogen and oxygen atoms in total. The van der Waals surface area contributed by atoms with Crippen LogP contribution in [0.3, 0.4) is 0 Å². The maximum Gasteiger partial charge on any atom is 0.340 e. The van der Waals surface area contributed by atoms with Crippen molar-refractivity contribution in [2.24, 2.45) is 0 Å². The van der Waals surface area contributed by atoms with Gasteiger partial charge in [-0.2, -0.15) is 0 Å². The molecule has 2 saturated heterocycles. The van der Waals surface area contributed by atoms with Crippen LogP contribution in [-0.4, -0.2) is 51.3 Å². The van der Waals surface area contributed by atoms with Crippen molar-refractivity contribution in [3.8, 4) is 0 Å². The number of nitrogens with one attached hydrogen (secondary N) is 1. The van der Waals surface area contributed by atoms with E-state index in [1.165, 1.54) is 6.08 Å². The summed E-state index contributed by atoms with van der Waals surface area (Å²) < 4.78 is 5.23. The summed E-state index contributed by atoms with van der Waals surface area (Å²) in [6.07, 6.45) is 3.06. The van der Waals surface area contributed by atoms with Gasteiger partial charge in [0.25, 0.3) is 5.91 Å². The molecule has 120 valence electrons. The summed E-state index contributed by atoms with van der Waals surface area (Å²) in [4.78, 5) is 24.3. The van der Waals surface area contributed by atoms with E-state index >= 15 is 0 Å². The van der Waals surface area contributed by atoms with Crippen LogP contribution >= 0.6 is 11.6 Å². The van der Waals surface area contributed by atoms with Gasteiger partial charge in [0.15, 0.2) is 5.60 Å². The maximum absolute atomic E-state index is 12.2. The van der Waals surface area contributed by atoms with E-state index in [9.17, 15) is 19.8 Å². The molecular weight excluding hydrogens is 310 g/mol. The molecule has 3 aliphatic rings. The summed E-state index contributed by atoms with van der Waals surface area (Å²) >= 11 is 5.67. The van der Waals surface area contributed by atoms with Crippen molar-refractivity contribution in [2.75, 3.05) is 5.88 Å². The van der Waals surface area contributed by atoms with Gasteiger partial charge in [-0.05, 0) is 31.8 Å². The first-order chi connectivity index (χ1) is 10.4. The zero-order valence-corrected chi connectivity index (χ0v) is 12.9. The first-order valence-corrected chi connectivity index (χ1v) is 7.79. The van der Waals surface area contributed by atoms with Gasteiger partial charge in [0.1, 0.15) is 6.10 Å². The lowest BCUT2D eigenvalue weighted by atomic mass is 9.68. The lowest BCUT2D eigenvalue weighted by molar-refractivity contribution is -0.216. The van der Waals surface area contributed by atoms with Gasteiger partial charge < -0.3 is 20.3 Å². The molecular formula is C15H18ClNO5. The van der Waals surface area contributed by atoms with E-state index in [1.54, 1.807) is 13.0 Å². The van der Waals surface area contributed by atoms with Crippen LogP contribution in [0.4, 0.5) is 0 Å². The fourth-order valence-corrected chi connectivity index (χ4v) is 3.79. The highest BCUT2D eigenvalue weighted by Crippen LogP contribution is 2.52. The fourth-order valence-electron chi connectivity index (χ4n) is 3.64. The average molecular weight is 328 g/mol. The number of ether oxygens (including phenoxy) is 1. The highest BCUT2D eigenvalue weighted by Gasteiger charge is 2.77. The monoisotopic (exact) mass is 327 g/mol. The number of carbonyl (C=O) groups is 2. The number of allylic oxidation sites excluding steroid dienone is 1. The molecule has 2 unspecified atom stereocenters. The van der Waals surface area contributed by atoms with Crippen molar-refractivity contribution < 1.29 is 24.5 Å². The Morgan fingerprint density at radius 1 is 1.59 bits per heavy atom. The van der Waals surface area contributed by atoms with Gasteiger partial charge >= 0.3 is 5.97 Å². The zero-order chi connectivity index (χ0) is 16.1. The number of esters is 1. The molecule has 3 rings (SSSR count). The molecule has 0 aromatic rings. The Labute approximate surface area is 132 Å². The molecule has 2 aliphatic heterocycles. The molecule has 2 fully saturated rings. The molecule has 3 N–H and O–H groups in total. The summed E-state index contributed by atoms with van der Waals surface area (Å²) in [6.45, 7) is 1.59. The zero-order valence-electron chi connectivity index (χ0n) is 12.1. The van der Waals surface area contributed by atoms with Gasteiger partial charge in [-0.3, -0.25) is 4.79 Å². The largest absolute Gasteiger partial charge is 0.449 e. The lowest BCUT2D eigenvalue weighted by Gasteiger charge is -2.52. The van der Waals surface area contributed by atoms with Crippen LogP contribution in [0.5, 0.6) is 0 Å². The van der Waals surface area contributed by atoms with Gasteiger partial charge in [-0.1, -0.05) is 12.2 Å². The average Bonchev–Trinajstić information content (AvgIpc) is 2.65. The van der Waals surface area contributed by atoms with E-state index in [2.05, 4.69) is 5.32 Å². The molecule has 7 heteroatoms. The number of aliphatic hydroxyl groups is 2. The van der Waals surface area contributed by atoms with Crippen LogP contribution in [0, 0.1) is 0 Å². The van der Waals surface area contributed by atoms with Gasteiger partial charge in [0.2, 0.25) is 5.54 Å². The highest BCUT2D eigenvalue weighted by atomic mass is 35.5. The summed E-state index contributed by atoms with van der Waals surface area (Å²) in [6, 6.07) is 0. The smallest absolute Gasteiger partial charge is 0.340 e. The van der Waals surface area contributed by atoms with E-state index in [0.29, 0.717) is 24.8 Å². The number of fused-ring (bicyclic) bond motifs is 1. The standard InChI is InChI=1S/C15H18ClNO5/c1-14-10(5-6-16)12(20)17-15(14,13(21)22-14)11(19)8-3-2-4-9(18)7-8/h5,7,9,11,18-19H,2-4,6H2,1H3,(H,17,20)/b10-5-/t9?,11?,14-,15-/m0/s1. The van der Waals surface area contributed by atoms with Crippen LogP contribution in [0.15, 0.2) is 23.3 Å². The van der Waals surface area contributed by atoms with Crippen LogP contribution in [-0.2, 0) is 14.3 Å². The fraction of sp³-hybridized carbons (Fsp3) is 0.600. The van der Waals surface area contributed by atoms with Gasteiger partial charge in [0, 0.05) is 5.88 Å². The summed E-state index contributed by atoms with van der Waals surface area (Å²) in [5.74, 6) is -1.04. The molecule has 1 amide bonds. The second-order valence-electron chi connectivity index (χ2n) is 6.06. The Bertz CT molecular complexity index is 601. The quantitative estimate of drug-likeness (QED) is 0.297. The van der Waals surface area contributed by atoms with Crippen LogP contribution in [0.2, 0.25) is 0 Å². The van der Waals surface area contributed by atoms with E-state index in [4.69, 9.17) is 16.3 Å². The molecule has 0 radical (unpaired) electrons. The van der Waals surface area contributed by atoms with E-state index in [-0.39, 0.29) is 11.5 Å². The van der Waals surface area contributed by atoms with E-state index in [0.717, 1.165) is 0 Å². The van der Waals surface area contributed by atoms with Gasteiger partial charge in [-0.25, -0.2) is 4.79 Å². The Balaban J connectivity index is 2.02. The number of carbonyl (C=O) groups excluding carboxylic acids is 2. The van der Waals surface area contributed by atoms with Crippen LogP contribution in [0.25, 0.3) is 0 Å². The molecule has 0 aromatic heterocycles. The summed E-state index contributed by atoms with van der Waals surface area (Å²) in [5.41, 5.74) is -1.99. The van der Waals surface area contributed by atoms with Crippen molar-refractivity contribution in [3.63, 3.8) is 0 Å². The van der Waals surface area contributed by atoms with Crippen molar-refractivity contribution in [3.05, 3.63) is 23.3 Å². The van der Waals surface area contributed by atoms with Crippen molar-refractivity contribution in [1.82, 2.24) is 5.32 Å². The van der Waals surface area contributed by atoms with Gasteiger partial charge in [-0.15, -0.1) is 11.6 Å². The number of rotatable bonds is 3.